The van der Waals surface area contributed by atoms with Gasteiger partial charge in [-0.1, -0.05) is 30.4 Å². The van der Waals surface area contributed by atoms with Gasteiger partial charge in [0.25, 0.3) is 0 Å². The number of rotatable bonds is 7. The van der Waals surface area contributed by atoms with Crippen molar-refractivity contribution < 1.29 is 4.74 Å². The Morgan fingerprint density at radius 2 is 1.95 bits per heavy atom. The van der Waals surface area contributed by atoms with Gasteiger partial charge in [-0.3, -0.25) is 4.98 Å². The van der Waals surface area contributed by atoms with E-state index in [9.17, 15) is 0 Å². The number of aromatic nitrogens is 1. The molecule has 2 aromatic rings. The van der Waals surface area contributed by atoms with E-state index in [4.69, 9.17) is 22.7 Å². The average molecular weight is 286 g/mol. The third kappa shape index (κ3) is 4.72. The third-order valence-corrected chi connectivity index (χ3v) is 3.22. The zero-order chi connectivity index (χ0) is 14.2. The number of pyridine rings is 1. The van der Waals surface area contributed by atoms with Crippen LogP contribution in [0, 0.1) is 0 Å². The molecule has 20 heavy (non-hydrogen) atoms. The molecule has 0 bridgehead atoms. The molecule has 0 spiro atoms. The summed E-state index contributed by atoms with van der Waals surface area (Å²) in [5, 5.41) is 0. The minimum Gasteiger partial charge on any atom is -0.389 e. The van der Waals surface area contributed by atoms with Crippen LogP contribution in [-0.4, -0.2) is 16.6 Å². The predicted octanol–water partition coefficient (Wildman–Crippen LogP) is 2.87. The maximum absolute atomic E-state index is 5.68. The molecule has 0 aliphatic heterocycles. The van der Waals surface area contributed by atoms with E-state index in [1.165, 1.54) is 5.56 Å². The molecule has 0 aliphatic carbocycles. The maximum atomic E-state index is 5.68. The molecular formula is C16H18N2OS. The van der Waals surface area contributed by atoms with Gasteiger partial charge in [-0.2, -0.15) is 0 Å². The molecule has 4 heteroatoms. The molecule has 0 amide bonds. The van der Waals surface area contributed by atoms with Crippen molar-refractivity contribution in [3.8, 4) is 0 Å². The van der Waals surface area contributed by atoms with Crippen molar-refractivity contribution in [1.82, 2.24) is 4.98 Å². The van der Waals surface area contributed by atoms with Crippen LogP contribution in [0.1, 0.15) is 23.1 Å². The highest BCUT2D eigenvalue weighted by molar-refractivity contribution is 7.80. The fraction of sp³-hybridized carbons (Fsp3) is 0.250. The standard InChI is InChI=1S/C16H18N2OS/c17-16(20)15-5-1-3-14(11-15)12-19-10-2-4-13-6-8-18-9-7-13/h1,3,5-9,11H,2,4,10,12H2,(H2,17,20). The zero-order valence-electron chi connectivity index (χ0n) is 11.3. The number of hydrogen-bond acceptors (Lipinski definition) is 3. The molecule has 0 unspecified atom stereocenters. The molecule has 0 saturated carbocycles. The van der Waals surface area contributed by atoms with Crippen molar-refractivity contribution in [3.63, 3.8) is 0 Å². The number of nitrogens with zero attached hydrogens (tertiary/aromatic N) is 1. The first-order chi connectivity index (χ1) is 9.75. The van der Waals surface area contributed by atoms with E-state index >= 15 is 0 Å². The van der Waals surface area contributed by atoms with Gasteiger partial charge in [-0.05, 0) is 42.2 Å². The Hall–Kier alpha value is -1.78. The minimum atomic E-state index is 0.421. The first kappa shape index (κ1) is 14.6. The number of hydrogen-bond donors (Lipinski definition) is 1. The summed E-state index contributed by atoms with van der Waals surface area (Å²) in [6, 6.07) is 11.9. The third-order valence-electron chi connectivity index (χ3n) is 2.98. The summed E-state index contributed by atoms with van der Waals surface area (Å²) < 4.78 is 5.68. The van der Waals surface area contributed by atoms with E-state index in [1.54, 1.807) is 0 Å². The second-order valence-electron chi connectivity index (χ2n) is 4.58. The van der Waals surface area contributed by atoms with Gasteiger partial charge in [0.1, 0.15) is 4.99 Å². The highest BCUT2D eigenvalue weighted by Gasteiger charge is 1.99. The van der Waals surface area contributed by atoms with Gasteiger partial charge in [-0.25, -0.2) is 0 Å². The first-order valence-electron chi connectivity index (χ1n) is 6.61. The largest absolute Gasteiger partial charge is 0.389 e. The van der Waals surface area contributed by atoms with E-state index in [1.807, 2.05) is 48.8 Å². The monoisotopic (exact) mass is 286 g/mol. The lowest BCUT2D eigenvalue weighted by Gasteiger charge is -2.06. The molecule has 1 aromatic heterocycles. The molecule has 0 saturated heterocycles. The van der Waals surface area contributed by atoms with E-state index in [2.05, 4.69) is 4.98 Å². The van der Waals surface area contributed by atoms with Gasteiger partial charge in [0, 0.05) is 24.6 Å². The Balaban J connectivity index is 1.71. The lowest BCUT2D eigenvalue weighted by atomic mass is 10.1. The Bertz CT molecular complexity index is 557. The molecule has 2 N–H and O–H groups in total. The second-order valence-corrected chi connectivity index (χ2v) is 5.02. The van der Waals surface area contributed by atoms with Crippen LogP contribution in [0.2, 0.25) is 0 Å². The Labute approximate surface area is 124 Å². The number of ether oxygens (including phenoxy) is 1. The highest BCUT2D eigenvalue weighted by Crippen LogP contribution is 2.07. The lowest BCUT2D eigenvalue weighted by Crippen LogP contribution is -2.09. The Kier molecular flexibility index (Phi) is 5.65. The first-order valence-corrected chi connectivity index (χ1v) is 7.02. The fourth-order valence-corrected chi connectivity index (χ4v) is 2.06. The van der Waals surface area contributed by atoms with E-state index in [0.717, 1.165) is 30.6 Å². The molecule has 104 valence electrons. The Morgan fingerprint density at radius 3 is 2.70 bits per heavy atom. The van der Waals surface area contributed by atoms with Gasteiger partial charge in [0.05, 0.1) is 6.61 Å². The van der Waals surface area contributed by atoms with Gasteiger partial charge in [-0.15, -0.1) is 0 Å². The quantitative estimate of drug-likeness (QED) is 0.628. The summed E-state index contributed by atoms with van der Waals surface area (Å²) in [5.41, 5.74) is 8.88. The number of benzene rings is 1. The second kappa shape index (κ2) is 7.72. The van der Waals surface area contributed by atoms with Gasteiger partial charge in [0.2, 0.25) is 0 Å². The smallest absolute Gasteiger partial charge is 0.103 e. The summed E-state index contributed by atoms with van der Waals surface area (Å²) in [4.78, 5) is 4.42. The molecule has 1 aromatic carbocycles. The van der Waals surface area contributed by atoms with Gasteiger partial charge < -0.3 is 10.5 Å². The van der Waals surface area contributed by atoms with Crippen molar-refractivity contribution in [2.75, 3.05) is 6.61 Å². The Morgan fingerprint density at radius 1 is 1.15 bits per heavy atom. The van der Waals surface area contributed by atoms with Crippen LogP contribution in [0.25, 0.3) is 0 Å². The highest BCUT2D eigenvalue weighted by atomic mass is 32.1. The molecule has 0 radical (unpaired) electrons. The minimum absolute atomic E-state index is 0.421. The molecule has 0 atom stereocenters. The maximum Gasteiger partial charge on any atom is 0.103 e. The SMILES string of the molecule is NC(=S)c1cccc(COCCCc2ccncc2)c1. The number of nitrogens with two attached hydrogens (primary N) is 1. The van der Waals surface area contributed by atoms with E-state index < -0.39 is 0 Å². The molecular weight excluding hydrogens is 268 g/mol. The van der Waals surface area contributed by atoms with Crippen LogP contribution in [0.5, 0.6) is 0 Å². The lowest BCUT2D eigenvalue weighted by molar-refractivity contribution is 0.118. The van der Waals surface area contributed by atoms with Crippen LogP contribution >= 0.6 is 12.2 Å². The predicted molar refractivity (Wildman–Crippen MR) is 84.5 cm³/mol. The van der Waals surface area contributed by atoms with E-state index in [-0.39, 0.29) is 0 Å². The molecule has 0 aliphatic rings. The van der Waals surface area contributed by atoms with Crippen LogP contribution in [0.4, 0.5) is 0 Å². The van der Waals surface area contributed by atoms with Gasteiger partial charge in [0.15, 0.2) is 0 Å². The molecule has 1 heterocycles. The van der Waals surface area contributed by atoms with Crippen molar-refractivity contribution in [2.45, 2.75) is 19.4 Å². The van der Waals surface area contributed by atoms with Crippen LogP contribution in [0.3, 0.4) is 0 Å². The van der Waals surface area contributed by atoms with Crippen molar-refractivity contribution in [1.29, 1.82) is 0 Å². The molecule has 2 rings (SSSR count). The van der Waals surface area contributed by atoms with Crippen molar-refractivity contribution in [3.05, 3.63) is 65.5 Å². The van der Waals surface area contributed by atoms with Crippen LogP contribution < -0.4 is 5.73 Å². The summed E-state index contributed by atoms with van der Waals surface area (Å²) >= 11 is 4.96. The summed E-state index contributed by atoms with van der Waals surface area (Å²) in [5.74, 6) is 0. The van der Waals surface area contributed by atoms with Crippen LogP contribution in [0.15, 0.2) is 48.8 Å². The normalized spacial score (nSPS) is 10.4. The molecule has 0 fully saturated rings. The summed E-state index contributed by atoms with van der Waals surface area (Å²) in [7, 11) is 0. The zero-order valence-corrected chi connectivity index (χ0v) is 12.1. The van der Waals surface area contributed by atoms with Crippen molar-refractivity contribution >= 4 is 17.2 Å². The van der Waals surface area contributed by atoms with Crippen LogP contribution in [-0.2, 0) is 17.8 Å². The van der Waals surface area contributed by atoms with Gasteiger partial charge >= 0.3 is 0 Å². The summed E-state index contributed by atoms with van der Waals surface area (Å²) in [6.45, 7) is 1.33. The van der Waals surface area contributed by atoms with Crippen molar-refractivity contribution in [2.24, 2.45) is 5.73 Å². The van der Waals surface area contributed by atoms with E-state index in [0.29, 0.717) is 11.6 Å². The summed E-state index contributed by atoms with van der Waals surface area (Å²) in [6.07, 6.45) is 5.64. The fourth-order valence-electron chi connectivity index (χ4n) is 1.93. The average Bonchev–Trinajstić information content (AvgIpc) is 2.48. The number of aryl methyl sites for hydroxylation is 1. The molecule has 3 nitrogen and oxygen atoms in total. The topological polar surface area (TPSA) is 48.1 Å². The number of thiocarbonyl (C=S) groups is 1.